The maximum Gasteiger partial charge on any atom is 0.0873 e. The summed E-state index contributed by atoms with van der Waals surface area (Å²) < 4.78 is 5.85. The fraction of sp³-hybridized carbons (Fsp3) is 0.657. The molecule has 0 amide bonds. The van der Waals surface area contributed by atoms with Crippen LogP contribution in [0.5, 0.6) is 0 Å². The standard InChI is InChI=1S/C33H58N2O.C2H6/c1-10-15-19-22-33(23-26-36-25-20-16-11-2)35(24-18-13-4)30(8)34(9)28-32(21-17-12-3)31(14-5)27-29(6)7;1-2/h15,17,19,21-23,26-27,30H,10-14,16,18,20,24-25,28H2,1-9H3;1-2H3/b19-15+,21-17-,26-23+,32-31-,33-22+;. The Morgan fingerprint density at radius 2 is 1.50 bits per heavy atom. The van der Waals surface area contributed by atoms with E-state index in [-0.39, 0.29) is 6.17 Å². The average molecular weight is 529 g/mol. The van der Waals surface area contributed by atoms with Gasteiger partial charge < -0.3 is 9.64 Å². The van der Waals surface area contributed by atoms with E-state index < -0.39 is 0 Å². The Bertz CT molecular complexity index is 735. The van der Waals surface area contributed by atoms with Gasteiger partial charge in [0.25, 0.3) is 0 Å². The summed E-state index contributed by atoms with van der Waals surface area (Å²) in [7, 11) is 2.25. The van der Waals surface area contributed by atoms with Crippen molar-refractivity contribution in [2.75, 3.05) is 26.7 Å². The van der Waals surface area contributed by atoms with E-state index >= 15 is 0 Å². The number of hydrogen-bond acceptors (Lipinski definition) is 3. The molecule has 0 saturated heterocycles. The Labute approximate surface area is 239 Å². The number of allylic oxidation sites excluding steroid dienone is 8. The molecule has 0 spiro atoms. The number of hydrogen-bond donors (Lipinski definition) is 0. The molecule has 0 aromatic heterocycles. The maximum atomic E-state index is 5.85. The smallest absolute Gasteiger partial charge is 0.0873 e. The van der Waals surface area contributed by atoms with E-state index in [0.29, 0.717) is 0 Å². The number of unbranched alkanes of at least 4 members (excludes halogenated alkanes) is 3. The number of nitrogens with zero attached hydrogens (tertiary/aromatic N) is 2. The Kier molecular flexibility index (Phi) is 26.7. The van der Waals surface area contributed by atoms with Crippen molar-refractivity contribution < 1.29 is 4.74 Å². The molecular weight excluding hydrogens is 464 g/mol. The van der Waals surface area contributed by atoms with E-state index in [1.807, 2.05) is 20.1 Å². The van der Waals surface area contributed by atoms with Crippen LogP contribution in [-0.4, -0.2) is 42.7 Å². The van der Waals surface area contributed by atoms with Crippen LogP contribution in [-0.2, 0) is 4.74 Å². The molecule has 0 rings (SSSR count). The van der Waals surface area contributed by atoms with E-state index in [1.54, 1.807) is 0 Å². The molecule has 0 fully saturated rings. The predicted octanol–water partition coefficient (Wildman–Crippen LogP) is 10.6. The lowest BCUT2D eigenvalue weighted by Crippen LogP contribution is -2.45. The van der Waals surface area contributed by atoms with Gasteiger partial charge in [-0.2, -0.15) is 0 Å². The van der Waals surface area contributed by atoms with Crippen molar-refractivity contribution in [3.63, 3.8) is 0 Å². The van der Waals surface area contributed by atoms with Crippen LogP contribution in [0, 0.1) is 0 Å². The van der Waals surface area contributed by atoms with Crippen molar-refractivity contribution in [1.82, 2.24) is 9.80 Å². The number of ether oxygens (including phenoxy) is 1. The minimum atomic E-state index is 0.248. The highest BCUT2D eigenvalue weighted by Crippen LogP contribution is 2.20. The van der Waals surface area contributed by atoms with Crippen molar-refractivity contribution in [3.05, 3.63) is 71.2 Å². The fourth-order valence-corrected chi connectivity index (χ4v) is 3.96. The first-order valence-corrected chi connectivity index (χ1v) is 15.5. The summed E-state index contributed by atoms with van der Waals surface area (Å²) in [4.78, 5) is 5.01. The first-order valence-electron chi connectivity index (χ1n) is 15.5. The molecule has 0 N–H and O–H groups in total. The third-order valence-corrected chi connectivity index (χ3v) is 6.24. The zero-order valence-corrected chi connectivity index (χ0v) is 27.3. The van der Waals surface area contributed by atoms with Crippen LogP contribution in [0.4, 0.5) is 0 Å². The fourth-order valence-electron chi connectivity index (χ4n) is 3.96. The van der Waals surface area contributed by atoms with Crippen molar-refractivity contribution >= 4 is 0 Å². The van der Waals surface area contributed by atoms with E-state index in [1.165, 1.54) is 41.7 Å². The van der Waals surface area contributed by atoms with Gasteiger partial charge in [-0.25, -0.2) is 0 Å². The molecule has 0 bridgehead atoms. The molecule has 0 aromatic carbocycles. The highest BCUT2D eigenvalue weighted by molar-refractivity contribution is 5.35. The van der Waals surface area contributed by atoms with E-state index in [4.69, 9.17) is 4.74 Å². The molecule has 0 saturated carbocycles. The first-order chi connectivity index (χ1) is 18.4. The third-order valence-electron chi connectivity index (χ3n) is 6.24. The minimum absolute atomic E-state index is 0.248. The monoisotopic (exact) mass is 529 g/mol. The number of likely N-dealkylation sites (N-methyl/N-ethyl adjacent to an activating group) is 1. The molecule has 1 atom stereocenters. The quantitative estimate of drug-likeness (QED) is 0.0676. The molecule has 0 aromatic rings. The van der Waals surface area contributed by atoms with Gasteiger partial charge in [-0.3, -0.25) is 4.90 Å². The van der Waals surface area contributed by atoms with Crippen LogP contribution in [0.2, 0.25) is 0 Å². The molecule has 1 unspecified atom stereocenters. The zero-order valence-electron chi connectivity index (χ0n) is 27.3. The summed E-state index contributed by atoms with van der Waals surface area (Å²) in [5.41, 5.74) is 5.40. The SMILES string of the molecule is CC.CC/C=C\C(CN(C)C(C)N(CCCC)C(/C=C/OCCCCC)=C/C=C/CC)=C(\C=C(C)C)CC. The normalized spacial score (nSPS) is 13.6. The van der Waals surface area contributed by atoms with Gasteiger partial charge in [-0.05, 0) is 83.2 Å². The van der Waals surface area contributed by atoms with Gasteiger partial charge >= 0.3 is 0 Å². The van der Waals surface area contributed by atoms with Crippen molar-refractivity contribution in [3.8, 4) is 0 Å². The van der Waals surface area contributed by atoms with Gasteiger partial charge in [0.2, 0.25) is 0 Å². The third kappa shape index (κ3) is 18.3. The Hall–Kier alpha value is -2.00. The molecule has 0 aliphatic carbocycles. The van der Waals surface area contributed by atoms with Crippen LogP contribution in [0.3, 0.4) is 0 Å². The molecule has 0 heterocycles. The summed E-state index contributed by atoms with van der Waals surface area (Å²) in [6.45, 7) is 24.6. The van der Waals surface area contributed by atoms with Gasteiger partial charge in [0, 0.05) is 18.8 Å². The highest BCUT2D eigenvalue weighted by Gasteiger charge is 2.20. The second kappa shape index (κ2) is 26.6. The summed E-state index contributed by atoms with van der Waals surface area (Å²) in [6, 6.07) is 0. The molecule has 0 aliphatic heterocycles. The van der Waals surface area contributed by atoms with Gasteiger partial charge in [0.15, 0.2) is 0 Å². The zero-order chi connectivity index (χ0) is 29.2. The van der Waals surface area contributed by atoms with Crippen molar-refractivity contribution in [2.45, 2.75) is 127 Å². The topological polar surface area (TPSA) is 15.7 Å². The molecule has 0 radical (unpaired) electrons. The predicted molar refractivity (Wildman–Crippen MR) is 173 cm³/mol. The second-order valence-electron chi connectivity index (χ2n) is 9.84. The van der Waals surface area contributed by atoms with Crippen molar-refractivity contribution in [2.24, 2.45) is 0 Å². The van der Waals surface area contributed by atoms with Crippen LogP contribution in [0.1, 0.15) is 121 Å². The lowest BCUT2D eigenvalue weighted by molar-refractivity contribution is 0.114. The van der Waals surface area contributed by atoms with Gasteiger partial charge in [-0.15, -0.1) is 0 Å². The Morgan fingerprint density at radius 3 is 2.05 bits per heavy atom. The summed E-state index contributed by atoms with van der Waals surface area (Å²) in [6.07, 6.45) is 26.9. The lowest BCUT2D eigenvalue weighted by atomic mass is 10.0. The van der Waals surface area contributed by atoms with Crippen molar-refractivity contribution in [1.29, 1.82) is 0 Å². The minimum Gasteiger partial charge on any atom is -0.501 e. The average Bonchev–Trinajstić information content (AvgIpc) is 2.92. The molecule has 220 valence electrons. The number of rotatable bonds is 20. The van der Waals surface area contributed by atoms with Gasteiger partial charge in [0.05, 0.1) is 19.0 Å². The van der Waals surface area contributed by atoms with E-state index in [0.717, 1.165) is 51.8 Å². The summed E-state index contributed by atoms with van der Waals surface area (Å²) in [5.74, 6) is 0. The first kappa shape index (κ1) is 38.1. The van der Waals surface area contributed by atoms with Crippen LogP contribution >= 0.6 is 0 Å². The summed E-state index contributed by atoms with van der Waals surface area (Å²) >= 11 is 0. The molecule has 3 nitrogen and oxygen atoms in total. The molecular formula is C35H64N2O. The van der Waals surface area contributed by atoms with E-state index in [2.05, 4.69) is 115 Å². The van der Waals surface area contributed by atoms with Crippen LogP contribution < -0.4 is 0 Å². The van der Waals surface area contributed by atoms with Crippen LogP contribution in [0.25, 0.3) is 0 Å². The second-order valence-corrected chi connectivity index (χ2v) is 9.84. The lowest BCUT2D eigenvalue weighted by Gasteiger charge is -2.38. The Morgan fingerprint density at radius 1 is 0.842 bits per heavy atom. The highest BCUT2D eigenvalue weighted by atomic mass is 16.5. The Balaban J connectivity index is 0. The maximum absolute atomic E-state index is 5.85. The summed E-state index contributed by atoms with van der Waals surface area (Å²) in [5, 5.41) is 0. The molecule has 38 heavy (non-hydrogen) atoms. The van der Waals surface area contributed by atoms with Gasteiger partial charge in [-0.1, -0.05) is 104 Å². The molecule has 3 heteroatoms. The largest absolute Gasteiger partial charge is 0.501 e. The van der Waals surface area contributed by atoms with E-state index in [9.17, 15) is 0 Å². The van der Waals surface area contributed by atoms with Crippen LogP contribution in [0.15, 0.2) is 71.2 Å². The van der Waals surface area contributed by atoms with Gasteiger partial charge in [0.1, 0.15) is 0 Å². The molecule has 0 aliphatic rings.